The van der Waals surface area contributed by atoms with Gasteiger partial charge >= 0.3 is 18.3 Å². The number of carboxylic acids is 1. The summed E-state index contributed by atoms with van der Waals surface area (Å²) in [4.78, 5) is 20.3. The Bertz CT molecular complexity index is 350. The van der Waals surface area contributed by atoms with Crippen LogP contribution in [0, 0.1) is 0 Å². The molecule has 0 atom stereocenters. The molecule has 21 heavy (non-hydrogen) atoms. The molecule has 0 aromatic heterocycles. The van der Waals surface area contributed by atoms with E-state index in [0.29, 0.717) is 0 Å². The van der Waals surface area contributed by atoms with E-state index in [-0.39, 0.29) is 6.67 Å². The second-order valence-electron chi connectivity index (χ2n) is 4.28. The molecule has 0 aromatic rings. The Labute approximate surface area is 115 Å². The molecule has 0 aliphatic carbocycles. The van der Waals surface area contributed by atoms with Gasteiger partial charge in [-0.1, -0.05) is 0 Å². The highest BCUT2D eigenvalue weighted by Crippen LogP contribution is 2.13. The van der Waals surface area contributed by atoms with Crippen LogP contribution in [0.5, 0.6) is 0 Å². The van der Waals surface area contributed by atoms with Gasteiger partial charge in [0.05, 0.1) is 13.1 Å². The maximum atomic E-state index is 11.8. The minimum absolute atomic E-state index is 0.0817. The Kier molecular flexibility index (Phi) is 7.47. The number of amides is 1. The number of quaternary nitrogens is 1. The molecular weight excluding hydrogens is 310 g/mol. The molecule has 1 saturated heterocycles. The fourth-order valence-electron chi connectivity index (χ4n) is 1.53. The molecule has 11 heteroatoms. The molecular formula is C10H14F6N2O3. The molecule has 1 heterocycles. The normalized spacial score (nSPS) is 16.7. The fourth-order valence-corrected chi connectivity index (χ4v) is 1.53. The van der Waals surface area contributed by atoms with E-state index in [1.165, 1.54) is 0 Å². The summed E-state index contributed by atoms with van der Waals surface area (Å²) in [6.45, 7) is 1.77. The number of nitrogens with one attached hydrogen (secondary N) is 2. The van der Waals surface area contributed by atoms with Crippen LogP contribution in [0.2, 0.25) is 0 Å². The first-order valence-electron chi connectivity index (χ1n) is 5.91. The highest BCUT2D eigenvalue weighted by molar-refractivity contribution is 5.81. The Hall–Kier alpha value is -1.52. The first-order valence-corrected chi connectivity index (χ1v) is 5.91. The van der Waals surface area contributed by atoms with Crippen molar-refractivity contribution < 1.29 is 45.9 Å². The summed E-state index contributed by atoms with van der Waals surface area (Å²) in [5, 5.41) is 10.7. The SMILES string of the molecule is O=C(NC[NH+]1CCCCC1)C(F)(F)F.O=C([O-])C(F)(F)F. The van der Waals surface area contributed by atoms with Crippen molar-refractivity contribution in [1.82, 2.24) is 5.32 Å². The van der Waals surface area contributed by atoms with E-state index in [4.69, 9.17) is 9.90 Å². The number of carboxylic acid groups (broad SMARTS) is 1. The number of rotatable bonds is 2. The van der Waals surface area contributed by atoms with Crippen LogP contribution >= 0.6 is 0 Å². The van der Waals surface area contributed by atoms with E-state index >= 15 is 0 Å². The Morgan fingerprint density at radius 1 is 0.952 bits per heavy atom. The molecule has 0 saturated carbocycles. The van der Waals surface area contributed by atoms with Crippen LogP contribution < -0.4 is 15.3 Å². The molecule has 0 spiro atoms. The average Bonchev–Trinajstić information content (AvgIpc) is 2.35. The number of carbonyl (C=O) groups is 2. The van der Waals surface area contributed by atoms with Gasteiger partial charge in [0, 0.05) is 0 Å². The van der Waals surface area contributed by atoms with Crippen molar-refractivity contribution in [2.24, 2.45) is 0 Å². The first-order chi connectivity index (χ1) is 9.44. The van der Waals surface area contributed by atoms with Gasteiger partial charge in [-0.05, 0) is 19.3 Å². The molecule has 0 bridgehead atoms. The van der Waals surface area contributed by atoms with E-state index in [0.717, 1.165) is 37.3 Å². The summed E-state index contributed by atoms with van der Waals surface area (Å²) in [5.74, 6) is -4.84. The summed E-state index contributed by atoms with van der Waals surface area (Å²) in [6.07, 6.45) is -6.76. The summed E-state index contributed by atoms with van der Waals surface area (Å²) in [7, 11) is 0. The predicted octanol–water partition coefficient (Wildman–Crippen LogP) is -1.01. The lowest BCUT2D eigenvalue weighted by molar-refractivity contribution is -0.906. The predicted molar refractivity (Wildman–Crippen MR) is 54.7 cm³/mol. The molecule has 124 valence electrons. The molecule has 0 radical (unpaired) electrons. The molecule has 1 fully saturated rings. The first kappa shape index (κ1) is 19.5. The standard InChI is InChI=1S/C8H13F3N2O.C2HF3O2/c9-8(10,11)7(14)12-6-13-4-2-1-3-5-13;3-2(4,5)1(6)7/h1-6H2,(H,12,14);(H,6,7). The average molecular weight is 324 g/mol. The van der Waals surface area contributed by atoms with E-state index in [1.807, 2.05) is 5.32 Å². The molecule has 5 nitrogen and oxygen atoms in total. The maximum Gasteiger partial charge on any atom is 0.471 e. The lowest BCUT2D eigenvalue weighted by atomic mass is 10.1. The molecule has 1 amide bonds. The maximum absolute atomic E-state index is 11.8. The number of hydrogen-bond acceptors (Lipinski definition) is 3. The second kappa shape index (κ2) is 8.05. The van der Waals surface area contributed by atoms with Crippen LogP contribution in [0.4, 0.5) is 26.3 Å². The summed E-state index contributed by atoms with van der Waals surface area (Å²) < 4.78 is 66.9. The molecule has 1 aliphatic rings. The van der Waals surface area contributed by atoms with Crippen LogP contribution in [0.25, 0.3) is 0 Å². The minimum Gasteiger partial charge on any atom is -0.542 e. The van der Waals surface area contributed by atoms with Crippen LogP contribution in [-0.2, 0) is 9.59 Å². The minimum atomic E-state index is -5.19. The monoisotopic (exact) mass is 324 g/mol. The molecule has 0 aromatic carbocycles. The lowest BCUT2D eigenvalue weighted by Crippen LogP contribution is -3.14. The zero-order valence-electron chi connectivity index (χ0n) is 10.7. The molecule has 1 aliphatic heterocycles. The van der Waals surface area contributed by atoms with Gasteiger partial charge in [0.2, 0.25) is 0 Å². The summed E-state index contributed by atoms with van der Waals surface area (Å²) >= 11 is 0. The topological polar surface area (TPSA) is 73.7 Å². The smallest absolute Gasteiger partial charge is 0.471 e. The molecule has 1 rings (SSSR count). The third-order valence-corrected chi connectivity index (χ3v) is 2.55. The van der Waals surface area contributed by atoms with E-state index < -0.39 is 24.2 Å². The van der Waals surface area contributed by atoms with E-state index in [9.17, 15) is 31.1 Å². The van der Waals surface area contributed by atoms with Crippen LogP contribution in [-0.4, -0.2) is 44.0 Å². The van der Waals surface area contributed by atoms with Gasteiger partial charge in [0.25, 0.3) is 0 Å². The molecule has 0 unspecified atom stereocenters. The zero-order chi connectivity index (χ0) is 16.7. The van der Waals surface area contributed by atoms with E-state index in [1.54, 1.807) is 0 Å². The van der Waals surface area contributed by atoms with Gasteiger partial charge in [-0.2, -0.15) is 26.3 Å². The van der Waals surface area contributed by atoms with Gasteiger partial charge in [-0.15, -0.1) is 0 Å². The van der Waals surface area contributed by atoms with Crippen molar-refractivity contribution in [3.05, 3.63) is 0 Å². The largest absolute Gasteiger partial charge is 0.542 e. The van der Waals surface area contributed by atoms with E-state index in [2.05, 4.69) is 0 Å². The number of aliphatic carboxylic acids is 1. The van der Waals surface area contributed by atoms with Crippen molar-refractivity contribution in [2.45, 2.75) is 31.6 Å². The Balaban J connectivity index is 0.000000486. The van der Waals surface area contributed by atoms with Crippen molar-refractivity contribution in [2.75, 3.05) is 19.8 Å². The Morgan fingerprint density at radius 2 is 1.38 bits per heavy atom. The van der Waals surface area contributed by atoms with Gasteiger partial charge in [-0.3, -0.25) is 4.79 Å². The summed E-state index contributed by atoms with van der Waals surface area (Å²) in [6, 6.07) is 0. The van der Waals surface area contributed by atoms with Crippen molar-refractivity contribution >= 4 is 11.9 Å². The third-order valence-electron chi connectivity index (χ3n) is 2.55. The lowest BCUT2D eigenvalue weighted by Gasteiger charge is -2.23. The summed E-state index contributed by atoms with van der Waals surface area (Å²) in [5.41, 5.74) is 0. The molecule has 2 N–H and O–H groups in total. The van der Waals surface area contributed by atoms with Crippen molar-refractivity contribution in [1.29, 1.82) is 0 Å². The van der Waals surface area contributed by atoms with Crippen molar-refractivity contribution in [3.8, 4) is 0 Å². The number of piperidine rings is 1. The van der Waals surface area contributed by atoms with Gasteiger partial charge < -0.3 is 20.1 Å². The highest BCUT2D eigenvalue weighted by atomic mass is 19.4. The highest BCUT2D eigenvalue weighted by Gasteiger charge is 2.39. The quantitative estimate of drug-likeness (QED) is 0.639. The number of hydrogen-bond donors (Lipinski definition) is 2. The number of alkyl halides is 6. The number of halogens is 6. The Morgan fingerprint density at radius 3 is 1.71 bits per heavy atom. The zero-order valence-corrected chi connectivity index (χ0v) is 10.7. The third kappa shape index (κ3) is 9.10. The van der Waals surface area contributed by atoms with Crippen LogP contribution in [0.3, 0.4) is 0 Å². The van der Waals surface area contributed by atoms with Crippen molar-refractivity contribution in [3.63, 3.8) is 0 Å². The number of likely N-dealkylation sites (tertiary alicyclic amines) is 1. The van der Waals surface area contributed by atoms with Crippen LogP contribution in [0.15, 0.2) is 0 Å². The van der Waals surface area contributed by atoms with Gasteiger partial charge in [0.1, 0.15) is 5.97 Å². The second-order valence-corrected chi connectivity index (χ2v) is 4.28. The van der Waals surface area contributed by atoms with Gasteiger partial charge in [-0.25, -0.2) is 0 Å². The van der Waals surface area contributed by atoms with Crippen LogP contribution in [0.1, 0.15) is 19.3 Å². The van der Waals surface area contributed by atoms with Gasteiger partial charge in [0.15, 0.2) is 6.67 Å². The number of carbonyl (C=O) groups excluding carboxylic acids is 2. The fraction of sp³-hybridized carbons (Fsp3) is 0.800.